The normalized spacial score (nSPS) is 11.9. The summed E-state index contributed by atoms with van der Waals surface area (Å²) in [7, 11) is 0. The van der Waals surface area contributed by atoms with Crippen LogP contribution in [0.15, 0.2) is 0 Å². The van der Waals surface area contributed by atoms with Crippen molar-refractivity contribution in [1.82, 2.24) is 0 Å². The molecule has 0 aromatic rings. The molecular weight excluding hydrogens is 167 g/mol. The van der Waals surface area contributed by atoms with Crippen LogP contribution in [0.3, 0.4) is 0 Å². The number of carboxylic acids is 1. The summed E-state index contributed by atoms with van der Waals surface area (Å²) in [4.78, 5) is 20.4. The average molecular weight is 180 g/mol. The number of aldehydes is 1. The molecule has 64 valence electrons. The Kier molecular flexibility index (Phi) is 9.49. The van der Waals surface area contributed by atoms with E-state index in [4.69, 9.17) is 0 Å². The van der Waals surface area contributed by atoms with Gasteiger partial charge in [-0.15, -0.1) is 0 Å². The summed E-state index contributed by atoms with van der Waals surface area (Å²) in [5.41, 5.74) is 0. The standard InChI is InChI=1S/C8H14O3.Na/c1-6(2)3-7(5-9)4-8(10)11;/h5-7H,3-4H2,1-2H3,(H,10,11);/q;+1/p-1. The van der Waals surface area contributed by atoms with Crippen LogP contribution in [0.1, 0.15) is 26.7 Å². The van der Waals surface area contributed by atoms with Crippen LogP contribution in [0, 0.1) is 11.8 Å². The Hall–Kier alpha value is 0.140. The average Bonchev–Trinajstić information content (AvgIpc) is 1.84. The van der Waals surface area contributed by atoms with Crippen LogP contribution in [0.5, 0.6) is 0 Å². The molecule has 0 saturated heterocycles. The van der Waals surface area contributed by atoms with E-state index in [1.807, 2.05) is 13.8 Å². The second-order valence-electron chi connectivity index (χ2n) is 3.10. The molecule has 0 bridgehead atoms. The van der Waals surface area contributed by atoms with E-state index in [0.29, 0.717) is 18.6 Å². The van der Waals surface area contributed by atoms with Crippen LogP contribution in [-0.4, -0.2) is 12.3 Å². The van der Waals surface area contributed by atoms with Gasteiger partial charge in [-0.1, -0.05) is 13.8 Å². The molecule has 0 amide bonds. The van der Waals surface area contributed by atoms with E-state index in [9.17, 15) is 14.7 Å². The number of rotatable bonds is 5. The summed E-state index contributed by atoms with van der Waals surface area (Å²) in [5.74, 6) is -1.17. The summed E-state index contributed by atoms with van der Waals surface area (Å²) in [6, 6.07) is 0. The van der Waals surface area contributed by atoms with Gasteiger partial charge < -0.3 is 14.7 Å². The maximum Gasteiger partial charge on any atom is 1.00 e. The van der Waals surface area contributed by atoms with Crippen LogP contribution >= 0.6 is 0 Å². The summed E-state index contributed by atoms with van der Waals surface area (Å²) >= 11 is 0. The third kappa shape index (κ3) is 8.24. The van der Waals surface area contributed by atoms with Gasteiger partial charge in [-0.2, -0.15) is 0 Å². The second-order valence-corrected chi connectivity index (χ2v) is 3.10. The van der Waals surface area contributed by atoms with E-state index in [1.54, 1.807) is 0 Å². The van der Waals surface area contributed by atoms with Crippen LogP contribution in [-0.2, 0) is 9.59 Å². The first kappa shape index (κ1) is 14.7. The first-order valence-electron chi connectivity index (χ1n) is 3.71. The van der Waals surface area contributed by atoms with Gasteiger partial charge in [-0.25, -0.2) is 0 Å². The van der Waals surface area contributed by atoms with Crippen molar-refractivity contribution in [2.24, 2.45) is 11.8 Å². The number of carbonyl (C=O) groups is 2. The van der Waals surface area contributed by atoms with Crippen molar-refractivity contribution in [1.29, 1.82) is 0 Å². The SMILES string of the molecule is CC(C)CC(C=O)CC(=O)[O-].[Na+]. The van der Waals surface area contributed by atoms with Gasteiger partial charge >= 0.3 is 29.6 Å². The van der Waals surface area contributed by atoms with Crippen molar-refractivity contribution >= 4 is 12.3 Å². The third-order valence-electron chi connectivity index (χ3n) is 1.40. The first-order chi connectivity index (χ1) is 5.06. The van der Waals surface area contributed by atoms with Gasteiger partial charge in [0.1, 0.15) is 6.29 Å². The molecule has 0 fully saturated rings. The maximum absolute atomic E-state index is 10.3. The largest absolute Gasteiger partial charge is 1.00 e. The smallest absolute Gasteiger partial charge is 0.550 e. The molecule has 0 saturated carbocycles. The molecule has 0 spiro atoms. The van der Waals surface area contributed by atoms with Gasteiger partial charge in [0.25, 0.3) is 0 Å². The monoisotopic (exact) mass is 180 g/mol. The molecule has 1 unspecified atom stereocenters. The van der Waals surface area contributed by atoms with Crippen molar-refractivity contribution in [3.63, 3.8) is 0 Å². The number of carboxylic acid groups (broad SMARTS) is 1. The number of hydrogen-bond acceptors (Lipinski definition) is 3. The molecule has 0 rings (SSSR count). The van der Waals surface area contributed by atoms with E-state index in [0.717, 1.165) is 0 Å². The molecule has 3 nitrogen and oxygen atoms in total. The van der Waals surface area contributed by atoms with Crippen LogP contribution in [0.4, 0.5) is 0 Å². The minimum atomic E-state index is -1.15. The number of carbonyl (C=O) groups excluding carboxylic acids is 2. The quantitative estimate of drug-likeness (QED) is 0.334. The fourth-order valence-electron chi connectivity index (χ4n) is 1.01. The molecule has 0 aliphatic carbocycles. The Balaban J connectivity index is 0. The van der Waals surface area contributed by atoms with E-state index in [-0.39, 0.29) is 41.9 Å². The van der Waals surface area contributed by atoms with E-state index in [1.165, 1.54) is 0 Å². The molecule has 0 radical (unpaired) electrons. The zero-order valence-corrected chi connectivity index (χ0v) is 9.87. The molecule has 1 atom stereocenters. The number of aliphatic carboxylic acids is 1. The molecule has 0 heterocycles. The zero-order chi connectivity index (χ0) is 8.85. The van der Waals surface area contributed by atoms with Crippen molar-refractivity contribution in [3.8, 4) is 0 Å². The van der Waals surface area contributed by atoms with Gasteiger partial charge in [0, 0.05) is 11.9 Å². The van der Waals surface area contributed by atoms with Crippen LogP contribution < -0.4 is 34.7 Å². The zero-order valence-electron chi connectivity index (χ0n) is 7.87. The molecule has 0 aromatic heterocycles. The molecule has 0 N–H and O–H groups in total. The van der Waals surface area contributed by atoms with Gasteiger partial charge in [0.2, 0.25) is 0 Å². The third-order valence-corrected chi connectivity index (χ3v) is 1.40. The summed E-state index contributed by atoms with van der Waals surface area (Å²) in [5, 5.41) is 10.1. The van der Waals surface area contributed by atoms with Gasteiger partial charge in [0.15, 0.2) is 0 Å². The van der Waals surface area contributed by atoms with Crippen LogP contribution in [0.25, 0.3) is 0 Å². The van der Waals surface area contributed by atoms with E-state index >= 15 is 0 Å². The van der Waals surface area contributed by atoms with Gasteiger partial charge in [-0.3, -0.25) is 0 Å². The first-order valence-corrected chi connectivity index (χ1v) is 3.71. The minimum absolute atomic E-state index is 0. The number of hydrogen-bond donors (Lipinski definition) is 0. The van der Waals surface area contributed by atoms with Crippen molar-refractivity contribution in [2.75, 3.05) is 0 Å². The molecule has 0 aliphatic heterocycles. The van der Waals surface area contributed by atoms with E-state index in [2.05, 4.69) is 0 Å². The van der Waals surface area contributed by atoms with Crippen molar-refractivity contribution < 1.29 is 44.3 Å². The van der Waals surface area contributed by atoms with Crippen molar-refractivity contribution in [2.45, 2.75) is 26.7 Å². The van der Waals surface area contributed by atoms with Crippen molar-refractivity contribution in [3.05, 3.63) is 0 Å². The summed E-state index contributed by atoms with van der Waals surface area (Å²) in [6.45, 7) is 3.90. The fourth-order valence-corrected chi connectivity index (χ4v) is 1.01. The summed E-state index contributed by atoms with van der Waals surface area (Å²) < 4.78 is 0. The molecular formula is C8H13NaO3. The Morgan fingerprint density at radius 1 is 1.50 bits per heavy atom. The van der Waals surface area contributed by atoms with Crippen LogP contribution in [0.2, 0.25) is 0 Å². The fraction of sp³-hybridized carbons (Fsp3) is 0.750. The topological polar surface area (TPSA) is 57.2 Å². The van der Waals surface area contributed by atoms with E-state index < -0.39 is 5.97 Å². The molecule has 0 aliphatic rings. The summed E-state index contributed by atoms with van der Waals surface area (Å²) in [6.07, 6.45) is 1.16. The molecule has 12 heavy (non-hydrogen) atoms. The second kappa shape index (κ2) is 7.77. The maximum atomic E-state index is 10.3. The Labute approximate surface area is 94.8 Å². The predicted molar refractivity (Wildman–Crippen MR) is 38.6 cm³/mol. The van der Waals surface area contributed by atoms with Gasteiger partial charge in [-0.05, 0) is 18.8 Å². The Morgan fingerprint density at radius 2 is 2.00 bits per heavy atom. The van der Waals surface area contributed by atoms with Gasteiger partial charge in [0.05, 0.1) is 0 Å². The predicted octanol–water partition coefficient (Wildman–Crippen LogP) is -3.01. The Bertz CT molecular complexity index is 145. The minimum Gasteiger partial charge on any atom is -0.550 e. The molecule has 4 heteroatoms. The molecule has 0 aromatic carbocycles. The Morgan fingerprint density at radius 3 is 2.25 bits per heavy atom.